The van der Waals surface area contributed by atoms with Crippen molar-refractivity contribution in [3.8, 4) is 5.69 Å². The molecule has 3 aromatic rings. The predicted octanol–water partition coefficient (Wildman–Crippen LogP) is 0.186. The van der Waals surface area contributed by atoms with Crippen molar-refractivity contribution in [3.05, 3.63) is 48.7 Å². The summed E-state index contributed by atoms with van der Waals surface area (Å²) < 4.78 is 1.61. The lowest BCUT2D eigenvalue weighted by Gasteiger charge is -2.13. The number of rotatable bonds is 7. The molecule has 2 amide bonds. The first kappa shape index (κ1) is 17.8. The molecule has 3 rings (SSSR count). The lowest BCUT2D eigenvalue weighted by atomic mass is 10.2. The number of hydrogen-bond acceptors (Lipinski definition) is 8. The second kappa shape index (κ2) is 7.47. The van der Waals surface area contributed by atoms with Crippen LogP contribution in [-0.2, 0) is 4.79 Å². The molecule has 2 aromatic heterocycles. The van der Waals surface area contributed by atoms with Gasteiger partial charge in [0.25, 0.3) is 5.91 Å². The average molecular weight is 367 g/mol. The van der Waals surface area contributed by atoms with E-state index < -0.39 is 17.9 Å². The lowest BCUT2D eigenvalue weighted by Crippen LogP contribution is -2.33. The zero-order valence-corrected chi connectivity index (χ0v) is 14.3. The highest BCUT2D eigenvalue weighted by molar-refractivity contribution is 5.98. The Kier molecular flexibility index (Phi) is 4.92. The summed E-state index contributed by atoms with van der Waals surface area (Å²) in [7, 11) is 0. The van der Waals surface area contributed by atoms with Crippen LogP contribution >= 0.6 is 0 Å². The largest absolute Gasteiger partial charge is 0.368 e. The van der Waals surface area contributed by atoms with E-state index in [9.17, 15) is 9.59 Å². The monoisotopic (exact) mass is 367 g/mol. The van der Waals surface area contributed by atoms with E-state index in [2.05, 4.69) is 30.7 Å². The van der Waals surface area contributed by atoms with Crippen molar-refractivity contribution in [2.24, 2.45) is 11.5 Å². The summed E-state index contributed by atoms with van der Waals surface area (Å²) in [6, 6.07) is 6.51. The van der Waals surface area contributed by atoms with Gasteiger partial charge in [-0.05, 0) is 31.2 Å². The Morgan fingerprint density at radius 2 is 1.93 bits per heavy atom. The van der Waals surface area contributed by atoms with Crippen LogP contribution in [0.2, 0.25) is 0 Å². The van der Waals surface area contributed by atoms with Crippen LogP contribution in [0.1, 0.15) is 17.3 Å². The number of nitrogens with one attached hydrogen (secondary N) is 2. The Morgan fingerprint density at radius 1 is 1.19 bits per heavy atom. The molecular weight excluding hydrogens is 350 g/mol. The van der Waals surface area contributed by atoms with Crippen molar-refractivity contribution in [1.29, 1.82) is 0 Å². The van der Waals surface area contributed by atoms with Gasteiger partial charge in [-0.1, -0.05) is 0 Å². The number of nitrogens with zero attached hydrogens (tertiary/aromatic N) is 5. The van der Waals surface area contributed by atoms with Crippen LogP contribution in [0.4, 0.5) is 17.5 Å². The maximum atomic E-state index is 11.7. The molecule has 1 atom stereocenters. The molecule has 1 aromatic carbocycles. The van der Waals surface area contributed by atoms with Crippen molar-refractivity contribution >= 4 is 29.3 Å². The van der Waals surface area contributed by atoms with E-state index in [0.717, 1.165) is 5.69 Å². The van der Waals surface area contributed by atoms with Crippen LogP contribution in [0.15, 0.2) is 43.1 Å². The molecule has 0 spiro atoms. The third-order valence-electron chi connectivity index (χ3n) is 3.64. The zero-order valence-electron chi connectivity index (χ0n) is 14.3. The number of carbonyl (C=O) groups is 2. The van der Waals surface area contributed by atoms with Gasteiger partial charge in [0.1, 0.15) is 30.1 Å². The third kappa shape index (κ3) is 4.15. The first-order valence-electron chi connectivity index (χ1n) is 7.89. The molecule has 0 aliphatic heterocycles. The van der Waals surface area contributed by atoms with Gasteiger partial charge in [-0.2, -0.15) is 10.1 Å². The molecule has 0 fully saturated rings. The number of nitrogens with two attached hydrogens (primary N) is 2. The van der Waals surface area contributed by atoms with Gasteiger partial charge in [-0.25, -0.2) is 14.6 Å². The molecule has 2 heterocycles. The fourth-order valence-corrected chi connectivity index (χ4v) is 2.17. The number of amides is 2. The normalized spacial score (nSPS) is 11.6. The molecule has 0 aliphatic carbocycles. The number of hydrogen-bond donors (Lipinski definition) is 4. The van der Waals surface area contributed by atoms with Gasteiger partial charge in [0.05, 0.1) is 5.69 Å². The van der Waals surface area contributed by atoms with E-state index in [4.69, 9.17) is 11.5 Å². The van der Waals surface area contributed by atoms with E-state index in [1.165, 1.54) is 12.5 Å². The van der Waals surface area contributed by atoms with E-state index in [-0.39, 0.29) is 17.3 Å². The van der Waals surface area contributed by atoms with Gasteiger partial charge in [0.2, 0.25) is 11.9 Å². The second-order valence-corrected chi connectivity index (χ2v) is 5.60. The minimum Gasteiger partial charge on any atom is -0.368 e. The standard InChI is InChI=1S/C16H17N9O2/c1-9(13(17)26)22-16-20-6-12(14(18)27)15(24-16)23-10-2-4-11(5-3-10)25-8-19-7-21-25/h2-9H,1H3,(H2,17,26)(H2,18,27)(H2,20,22,23,24). The quantitative estimate of drug-likeness (QED) is 0.459. The van der Waals surface area contributed by atoms with Gasteiger partial charge in [-0.3, -0.25) is 9.59 Å². The van der Waals surface area contributed by atoms with Crippen LogP contribution in [0, 0.1) is 0 Å². The van der Waals surface area contributed by atoms with Crippen molar-refractivity contribution in [2.45, 2.75) is 13.0 Å². The van der Waals surface area contributed by atoms with E-state index in [1.54, 1.807) is 30.1 Å². The zero-order chi connectivity index (χ0) is 19.4. The molecule has 11 heteroatoms. The Hall–Kier alpha value is -4.02. The Balaban J connectivity index is 1.85. The van der Waals surface area contributed by atoms with Gasteiger partial charge >= 0.3 is 0 Å². The molecular formula is C16H17N9O2. The average Bonchev–Trinajstić information content (AvgIpc) is 3.17. The van der Waals surface area contributed by atoms with Gasteiger partial charge in [0.15, 0.2) is 0 Å². The van der Waals surface area contributed by atoms with E-state index >= 15 is 0 Å². The third-order valence-corrected chi connectivity index (χ3v) is 3.64. The summed E-state index contributed by atoms with van der Waals surface area (Å²) in [6.07, 6.45) is 4.29. The summed E-state index contributed by atoms with van der Waals surface area (Å²) in [5, 5.41) is 9.82. The maximum absolute atomic E-state index is 11.7. The smallest absolute Gasteiger partial charge is 0.254 e. The SMILES string of the molecule is CC(Nc1ncc(C(N)=O)c(Nc2ccc(-n3cncn3)cc2)n1)C(N)=O. The van der Waals surface area contributed by atoms with Crippen LogP contribution in [0.25, 0.3) is 5.69 Å². The van der Waals surface area contributed by atoms with Gasteiger partial charge in [-0.15, -0.1) is 0 Å². The molecule has 6 N–H and O–H groups in total. The molecule has 0 saturated carbocycles. The van der Waals surface area contributed by atoms with Crippen molar-refractivity contribution in [3.63, 3.8) is 0 Å². The van der Waals surface area contributed by atoms with Crippen LogP contribution < -0.4 is 22.1 Å². The topological polar surface area (TPSA) is 167 Å². The fourth-order valence-electron chi connectivity index (χ4n) is 2.17. The van der Waals surface area contributed by atoms with Crippen molar-refractivity contribution < 1.29 is 9.59 Å². The molecule has 27 heavy (non-hydrogen) atoms. The number of carbonyl (C=O) groups excluding carboxylic acids is 2. The fraction of sp³-hybridized carbons (Fsp3) is 0.125. The highest BCUT2D eigenvalue weighted by Gasteiger charge is 2.15. The van der Waals surface area contributed by atoms with Crippen molar-refractivity contribution in [1.82, 2.24) is 24.7 Å². The minimum absolute atomic E-state index is 0.104. The number of primary amides is 2. The highest BCUT2D eigenvalue weighted by Crippen LogP contribution is 2.21. The summed E-state index contributed by atoms with van der Waals surface area (Å²) in [4.78, 5) is 34.9. The number of benzene rings is 1. The lowest BCUT2D eigenvalue weighted by molar-refractivity contribution is -0.118. The number of anilines is 3. The summed E-state index contributed by atoms with van der Waals surface area (Å²) in [5.74, 6) is -0.916. The Labute approximate surface area is 153 Å². The van der Waals surface area contributed by atoms with Gasteiger partial charge < -0.3 is 22.1 Å². The molecule has 0 bridgehead atoms. The van der Waals surface area contributed by atoms with Crippen molar-refractivity contribution in [2.75, 3.05) is 10.6 Å². The first-order valence-corrected chi connectivity index (χ1v) is 7.89. The molecule has 1 unspecified atom stereocenters. The molecule has 138 valence electrons. The summed E-state index contributed by atoms with van der Waals surface area (Å²) >= 11 is 0. The van der Waals surface area contributed by atoms with E-state index in [0.29, 0.717) is 5.69 Å². The maximum Gasteiger partial charge on any atom is 0.254 e. The van der Waals surface area contributed by atoms with E-state index in [1.807, 2.05) is 12.1 Å². The highest BCUT2D eigenvalue weighted by atomic mass is 16.1. The Morgan fingerprint density at radius 3 is 2.52 bits per heavy atom. The summed E-state index contributed by atoms with van der Waals surface area (Å²) in [6.45, 7) is 1.57. The molecule has 0 radical (unpaired) electrons. The van der Waals surface area contributed by atoms with Gasteiger partial charge in [0, 0.05) is 11.9 Å². The van der Waals surface area contributed by atoms with Crippen LogP contribution in [0.3, 0.4) is 0 Å². The molecule has 0 saturated heterocycles. The van der Waals surface area contributed by atoms with Crippen LogP contribution in [-0.4, -0.2) is 42.6 Å². The Bertz CT molecular complexity index is 955. The molecule has 11 nitrogen and oxygen atoms in total. The summed E-state index contributed by atoms with van der Waals surface area (Å²) in [5.41, 5.74) is 12.2. The number of aromatic nitrogens is 5. The predicted molar refractivity (Wildman–Crippen MR) is 97.5 cm³/mol. The first-order chi connectivity index (χ1) is 12.9. The minimum atomic E-state index is -0.689. The second-order valence-electron chi connectivity index (χ2n) is 5.60. The molecule has 0 aliphatic rings. The van der Waals surface area contributed by atoms with Crippen LogP contribution in [0.5, 0.6) is 0 Å².